The molecule has 1 aromatic rings. The Morgan fingerprint density at radius 3 is 2.52 bits per heavy atom. The quantitative estimate of drug-likeness (QED) is 0.433. The van der Waals surface area contributed by atoms with Crippen LogP contribution in [0, 0.1) is 5.82 Å². The van der Waals surface area contributed by atoms with E-state index in [0.29, 0.717) is 44.8 Å². The SMILES string of the molecule is C=C/C(N)=C(O)\C=C(/C)NCCC(=O)N1CCN(c2ccc(Cl)c(F)c2)CC1.COC. The van der Waals surface area contributed by atoms with Gasteiger partial charge in [0.2, 0.25) is 5.91 Å². The molecule has 1 fully saturated rings. The van der Waals surface area contributed by atoms with Gasteiger partial charge in [-0.3, -0.25) is 4.79 Å². The summed E-state index contributed by atoms with van der Waals surface area (Å²) >= 11 is 5.72. The number of carbonyl (C=O) groups is 1. The Hall–Kier alpha value is -2.71. The molecule has 0 bridgehead atoms. The summed E-state index contributed by atoms with van der Waals surface area (Å²) in [6.45, 7) is 8.15. The van der Waals surface area contributed by atoms with Gasteiger partial charge in [-0.15, -0.1) is 0 Å². The standard InChI is InChI=1S/C20H26ClFN4O2.C2H6O/c1-3-18(23)19(27)12-14(2)24-7-6-20(28)26-10-8-25(9-11-26)15-4-5-16(21)17(22)13-15;1-3-2/h3-5,12-13,24,27H,1,6-11,23H2,2H3;1-2H3/b14-12+,19-18-;. The first-order valence-corrected chi connectivity index (χ1v) is 10.2. The maximum absolute atomic E-state index is 13.6. The molecule has 0 radical (unpaired) electrons. The molecule has 172 valence electrons. The smallest absolute Gasteiger partial charge is 0.224 e. The molecule has 0 aromatic heterocycles. The molecule has 9 heteroatoms. The number of piperazine rings is 1. The normalized spacial score (nSPS) is 14.9. The number of nitrogens with two attached hydrogens (primary N) is 1. The van der Waals surface area contributed by atoms with E-state index >= 15 is 0 Å². The van der Waals surface area contributed by atoms with Gasteiger partial charge in [0.1, 0.15) is 11.6 Å². The van der Waals surface area contributed by atoms with Gasteiger partial charge < -0.3 is 30.7 Å². The van der Waals surface area contributed by atoms with Gasteiger partial charge in [-0.25, -0.2) is 4.39 Å². The molecule has 0 atom stereocenters. The zero-order valence-corrected chi connectivity index (χ0v) is 19.1. The molecule has 1 aliphatic rings. The lowest BCUT2D eigenvalue weighted by atomic mass is 10.2. The summed E-state index contributed by atoms with van der Waals surface area (Å²) in [6, 6.07) is 4.74. The van der Waals surface area contributed by atoms with Crippen molar-refractivity contribution >= 4 is 23.2 Å². The summed E-state index contributed by atoms with van der Waals surface area (Å²) in [6.07, 6.45) is 3.19. The Balaban J connectivity index is 0.00000151. The van der Waals surface area contributed by atoms with E-state index in [1.54, 1.807) is 38.2 Å². The summed E-state index contributed by atoms with van der Waals surface area (Å²) in [5, 5.41) is 12.9. The summed E-state index contributed by atoms with van der Waals surface area (Å²) in [5.41, 5.74) is 7.21. The van der Waals surface area contributed by atoms with Gasteiger partial charge in [-0.2, -0.15) is 0 Å². The highest BCUT2D eigenvalue weighted by Gasteiger charge is 2.21. The molecule has 7 nitrogen and oxygen atoms in total. The highest BCUT2D eigenvalue weighted by molar-refractivity contribution is 6.30. The average Bonchev–Trinajstić information content (AvgIpc) is 2.75. The zero-order valence-electron chi connectivity index (χ0n) is 18.3. The lowest BCUT2D eigenvalue weighted by Gasteiger charge is -2.36. The maximum Gasteiger partial charge on any atom is 0.224 e. The third-order valence-corrected chi connectivity index (χ3v) is 4.82. The lowest BCUT2D eigenvalue weighted by molar-refractivity contribution is -0.131. The van der Waals surface area contributed by atoms with Crippen molar-refractivity contribution < 1.29 is 19.0 Å². The van der Waals surface area contributed by atoms with Crippen molar-refractivity contribution in [2.24, 2.45) is 5.73 Å². The van der Waals surface area contributed by atoms with Crippen LogP contribution in [0.25, 0.3) is 0 Å². The molecule has 1 aliphatic heterocycles. The number of anilines is 1. The number of rotatable bonds is 7. The molecule has 1 amide bonds. The molecular formula is C22H32ClFN4O3. The predicted octanol–water partition coefficient (Wildman–Crippen LogP) is 3.19. The van der Waals surface area contributed by atoms with E-state index in [1.807, 2.05) is 4.90 Å². The number of nitrogens with one attached hydrogen (secondary N) is 1. The number of halogens is 2. The van der Waals surface area contributed by atoms with Gasteiger partial charge in [-0.05, 0) is 31.2 Å². The highest BCUT2D eigenvalue weighted by atomic mass is 35.5. The topological polar surface area (TPSA) is 91.1 Å². The van der Waals surface area contributed by atoms with Gasteiger partial charge >= 0.3 is 0 Å². The lowest BCUT2D eigenvalue weighted by Crippen LogP contribution is -2.49. The maximum atomic E-state index is 13.6. The number of hydrogen-bond acceptors (Lipinski definition) is 6. The van der Waals surface area contributed by atoms with E-state index in [1.165, 1.54) is 18.2 Å². The second-order valence-electron chi connectivity index (χ2n) is 6.92. The highest BCUT2D eigenvalue weighted by Crippen LogP contribution is 2.23. The van der Waals surface area contributed by atoms with Crippen molar-refractivity contribution in [3.63, 3.8) is 0 Å². The Morgan fingerprint density at radius 1 is 1.35 bits per heavy atom. The second kappa shape index (κ2) is 13.6. The summed E-state index contributed by atoms with van der Waals surface area (Å²) in [7, 11) is 3.25. The first-order chi connectivity index (χ1) is 14.7. The van der Waals surface area contributed by atoms with Crippen LogP contribution < -0.4 is 16.0 Å². The van der Waals surface area contributed by atoms with Gasteiger partial charge in [0.15, 0.2) is 0 Å². The molecule has 1 aromatic carbocycles. The molecule has 4 N–H and O–H groups in total. The van der Waals surface area contributed by atoms with Crippen LogP contribution in [-0.4, -0.2) is 62.9 Å². The van der Waals surface area contributed by atoms with Crippen molar-refractivity contribution in [1.82, 2.24) is 10.2 Å². The fourth-order valence-corrected chi connectivity index (χ4v) is 2.98. The average molecular weight is 455 g/mol. The van der Waals surface area contributed by atoms with Gasteiger partial charge in [0, 0.05) is 70.8 Å². The van der Waals surface area contributed by atoms with Crippen LogP contribution in [0.15, 0.2) is 54.1 Å². The molecule has 0 unspecified atom stereocenters. The Labute approximate surface area is 188 Å². The molecule has 31 heavy (non-hydrogen) atoms. The minimum absolute atomic E-state index is 0.0487. The fraction of sp³-hybridized carbons (Fsp3) is 0.409. The fourth-order valence-electron chi connectivity index (χ4n) is 2.86. The first-order valence-electron chi connectivity index (χ1n) is 9.84. The van der Waals surface area contributed by atoms with Crippen LogP contribution in [0.4, 0.5) is 10.1 Å². The van der Waals surface area contributed by atoms with Crippen molar-refractivity contribution in [1.29, 1.82) is 0 Å². The summed E-state index contributed by atoms with van der Waals surface area (Å²) in [4.78, 5) is 16.2. The molecule has 0 spiro atoms. The van der Waals surface area contributed by atoms with E-state index in [2.05, 4.69) is 16.6 Å². The molecule has 1 heterocycles. The number of amides is 1. The predicted molar refractivity (Wildman–Crippen MR) is 124 cm³/mol. The van der Waals surface area contributed by atoms with E-state index in [4.69, 9.17) is 17.3 Å². The number of aliphatic hydroxyl groups is 1. The number of methoxy groups -OCH3 is 1. The zero-order chi connectivity index (χ0) is 23.4. The van der Waals surface area contributed by atoms with Crippen LogP contribution in [-0.2, 0) is 9.53 Å². The number of hydrogen-bond donors (Lipinski definition) is 3. The Morgan fingerprint density at radius 2 is 1.97 bits per heavy atom. The largest absolute Gasteiger partial charge is 0.506 e. The number of benzene rings is 1. The number of nitrogens with zero attached hydrogens (tertiary/aromatic N) is 2. The number of carbonyl (C=O) groups excluding carboxylic acids is 1. The monoisotopic (exact) mass is 454 g/mol. The van der Waals surface area contributed by atoms with Gasteiger partial charge in [0.25, 0.3) is 0 Å². The Bertz CT molecular complexity index is 806. The molecule has 2 rings (SSSR count). The molecular weight excluding hydrogens is 423 g/mol. The van der Waals surface area contributed by atoms with Crippen molar-refractivity contribution in [2.45, 2.75) is 13.3 Å². The van der Waals surface area contributed by atoms with Crippen LogP contribution in [0.3, 0.4) is 0 Å². The van der Waals surface area contributed by atoms with E-state index < -0.39 is 5.82 Å². The minimum Gasteiger partial charge on any atom is -0.506 e. The van der Waals surface area contributed by atoms with E-state index in [0.717, 1.165) is 5.69 Å². The summed E-state index contributed by atoms with van der Waals surface area (Å²) in [5.74, 6) is -0.461. The van der Waals surface area contributed by atoms with E-state index in [-0.39, 0.29) is 22.4 Å². The van der Waals surface area contributed by atoms with Crippen LogP contribution in [0.1, 0.15) is 13.3 Å². The number of allylic oxidation sites excluding steroid dienone is 3. The van der Waals surface area contributed by atoms with Crippen LogP contribution in [0.5, 0.6) is 0 Å². The van der Waals surface area contributed by atoms with Crippen molar-refractivity contribution in [2.75, 3.05) is 51.8 Å². The second-order valence-corrected chi connectivity index (χ2v) is 7.33. The van der Waals surface area contributed by atoms with Gasteiger partial charge in [0.05, 0.1) is 10.7 Å². The molecule has 0 aliphatic carbocycles. The minimum atomic E-state index is -0.442. The van der Waals surface area contributed by atoms with E-state index in [9.17, 15) is 14.3 Å². The number of ether oxygens (including phenoxy) is 1. The van der Waals surface area contributed by atoms with Crippen molar-refractivity contribution in [3.05, 3.63) is 64.9 Å². The van der Waals surface area contributed by atoms with Crippen LogP contribution >= 0.6 is 11.6 Å². The summed E-state index contributed by atoms with van der Waals surface area (Å²) < 4.78 is 17.9. The Kier molecular flexibility index (Phi) is 11.5. The molecule has 0 saturated carbocycles. The first kappa shape index (κ1) is 26.3. The van der Waals surface area contributed by atoms with Crippen molar-refractivity contribution in [3.8, 4) is 0 Å². The number of aliphatic hydroxyl groups excluding tert-OH is 1. The van der Waals surface area contributed by atoms with Gasteiger partial charge in [-0.1, -0.05) is 18.2 Å². The molecule has 1 saturated heterocycles. The third-order valence-electron chi connectivity index (χ3n) is 4.51. The third kappa shape index (κ3) is 8.90. The van der Waals surface area contributed by atoms with Crippen LogP contribution in [0.2, 0.25) is 5.02 Å².